The first-order valence-corrected chi connectivity index (χ1v) is 7.39. The molecule has 2 aromatic rings. The third kappa shape index (κ3) is 4.45. The molecule has 0 aliphatic heterocycles. The minimum Gasteiger partial charge on any atom is -0.490 e. The summed E-state index contributed by atoms with van der Waals surface area (Å²) >= 11 is 12.0. The summed E-state index contributed by atoms with van der Waals surface area (Å²) in [5.74, 6) is 1.88. The third-order valence-electron chi connectivity index (χ3n) is 2.66. The Balaban J connectivity index is 1.88. The summed E-state index contributed by atoms with van der Waals surface area (Å²) in [5.41, 5.74) is 0. The van der Waals surface area contributed by atoms with Crippen molar-refractivity contribution in [3.05, 3.63) is 52.5 Å². The Hall–Kier alpha value is -1.58. The van der Waals surface area contributed by atoms with Gasteiger partial charge >= 0.3 is 0 Å². The zero-order valence-corrected chi connectivity index (χ0v) is 13.2. The Morgan fingerprint density at radius 1 is 0.762 bits per heavy atom. The van der Waals surface area contributed by atoms with E-state index >= 15 is 0 Å². The highest BCUT2D eigenvalue weighted by atomic mass is 35.5. The van der Waals surface area contributed by atoms with E-state index in [2.05, 4.69) is 0 Å². The van der Waals surface area contributed by atoms with Crippen LogP contribution in [0.3, 0.4) is 0 Å². The molecule has 3 nitrogen and oxygen atoms in total. The van der Waals surface area contributed by atoms with E-state index in [-0.39, 0.29) is 0 Å². The van der Waals surface area contributed by atoms with Gasteiger partial charge in [0.05, 0.1) is 16.7 Å². The molecule has 0 bridgehead atoms. The lowest BCUT2D eigenvalue weighted by Gasteiger charge is -2.13. The smallest absolute Gasteiger partial charge is 0.161 e. The molecule has 5 heteroatoms. The molecule has 2 rings (SSSR count). The second kappa shape index (κ2) is 8.01. The Labute approximate surface area is 134 Å². The fourth-order valence-electron chi connectivity index (χ4n) is 1.76. The number of para-hydroxylation sites is 3. The molecule has 0 aromatic heterocycles. The van der Waals surface area contributed by atoms with Crippen molar-refractivity contribution >= 4 is 23.2 Å². The first-order chi connectivity index (χ1) is 10.2. The lowest BCUT2D eigenvalue weighted by atomic mass is 10.3. The zero-order valence-electron chi connectivity index (χ0n) is 11.6. The van der Waals surface area contributed by atoms with Gasteiger partial charge in [-0.25, -0.2) is 0 Å². The molecular weight excluding hydrogens is 311 g/mol. The average molecular weight is 327 g/mol. The minimum atomic E-state index is 0.337. The van der Waals surface area contributed by atoms with Gasteiger partial charge in [-0.1, -0.05) is 41.4 Å². The van der Waals surface area contributed by atoms with Crippen LogP contribution in [0, 0.1) is 0 Å². The van der Waals surface area contributed by atoms with Gasteiger partial charge in [0.1, 0.15) is 13.2 Å². The molecular formula is C16H16Cl2O3. The van der Waals surface area contributed by atoms with Gasteiger partial charge in [0.25, 0.3) is 0 Å². The number of rotatable bonds is 7. The highest BCUT2D eigenvalue weighted by molar-refractivity contribution is 6.37. The predicted octanol–water partition coefficient (Wildman–Crippen LogP) is 4.85. The first kappa shape index (κ1) is 15.8. The van der Waals surface area contributed by atoms with Crippen LogP contribution in [0.5, 0.6) is 17.2 Å². The van der Waals surface area contributed by atoms with Crippen LogP contribution >= 0.6 is 23.2 Å². The number of hydrogen-bond acceptors (Lipinski definition) is 3. The van der Waals surface area contributed by atoms with E-state index in [1.54, 1.807) is 18.2 Å². The fraction of sp³-hybridized carbons (Fsp3) is 0.250. The van der Waals surface area contributed by atoms with Crippen LogP contribution in [0.4, 0.5) is 0 Å². The van der Waals surface area contributed by atoms with Crippen molar-refractivity contribution in [2.75, 3.05) is 19.8 Å². The van der Waals surface area contributed by atoms with Crippen LogP contribution in [0.1, 0.15) is 6.92 Å². The number of hydrogen-bond donors (Lipinski definition) is 0. The third-order valence-corrected chi connectivity index (χ3v) is 3.25. The quantitative estimate of drug-likeness (QED) is 0.681. The molecule has 0 atom stereocenters. The summed E-state index contributed by atoms with van der Waals surface area (Å²) in [5, 5.41) is 0.967. The van der Waals surface area contributed by atoms with Crippen molar-refractivity contribution in [1.29, 1.82) is 0 Å². The largest absolute Gasteiger partial charge is 0.490 e. The van der Waals surface area contributed by atoms with Crippen LogP contribution in [0.15, 0.2) is 42.5 Å². The van der Waals surface area contributed by atoms with Gasteiger partial charge in [-0.2, -0.15) is 0 Å². The lowest BCUT2D eigenvalue weighted by Crippen LogP contribution is -2.10. The standard InChI is InChI=1S/C16H16Cl2O3/c1-2-19-14-8-3-4-9-15(14)20-10-11-21-16-12(17)6-5-7-13(16)18/h3-9H,2,10-11H2,1H3. The Kier molecular flexibility index (Phi) is 6.03. The summed E-state index contributed by atoms with van der Waals surface area (Å²) in [4.78, 5) is 0. The second-order valence-corrected chi connectivity index (χ2v) is 4.94. The first-order valence-electron chi connectivity index (χ1n) is 6.63. The summed E-state index contributed by atoms with van der Waals surface area (Å²) in [6.45, 7) is 3.22. The molecule has 21 heavy (non-hydrogen) atoms. The van der Waals surface area contributed by atoms with Crippen LogP contribution in [0.25, 0.3) is 0 Å². The maximum absolute atomic E-state index is 6.02. The maximum atomic E-state index is 6.02. The number of halogens is 2. The van der Waals surface area contributed by atoms with Crippen molar-refractivity contribution < 1.29 is 14.2 Å². The van der Waals surface area contributed by atoms with Crippen molar-refractivity contribution in [3.63, 3.8) is 0 Å². The van der Waals surface area contributed by atoms with E-state index in [0.717, 1.165) is 5.75 Å². The summed E-state index contributed by atoms with van der Waals surface area (Å²) in [6, 6.07) is 12.7. The van der Waals surface area contributed by atoms with Gasteiger partial charge in [0, 0.05) is 0 Å². The molecule has 0 spiro atoms. The van der Waals surface area contributed by atoms with Crippen LogP contribution in [-0.2, 0) is 0 Å². The molecule has 0 saturated carbocycles. The fourth-order valence-corrected chi connectivity index (χ4v) is 2.27. The van der Waals surface area contributed by atoms with Crippen LogP contribution < -0.4 is 14.2 Å². The van der Waals surface area contributed by atoms with Gasteiger partial charge in [0.2, 0.25) is 0 Å². The Morgan fingerprint density at radius 2 is 1.33 bits per heavy atom. The van der Waals surface area contributed by atoms with Gasteiger partial charge in [-0.05, 0) is 31.2 Å². The molecule has 0 unspecified atom stereocenters. The van der Waals surface area contributed by atoms with E-state index in [0.29, 0.717) is 41.4 Å². The Morgan fingerprint density at radius 3 is 1.95 bits per heavy atom. The monoisotopic (exact) mass is 326 g/mol. The summed E-state index contributed by atoms with van der Waals surface area (Å²) in [7, 11) is 0. The van der Waals surface area contributed by atoms with Crippen molar-refractivity contribution in [2.24, 2.45) is 0 Å². The van der Waals surface area contributed by atoms with Gasteiger partial charge in [0.15, 0.2) is 17.2 Å². The van der Waals surface area contributed by atoms with Crippen molar-refractivity contribution in [3.8, 4) is 17.2 Å². The molecule has 0 radical (unpaired) electrons. The molecule has 0 amide bonds. The summed E-state index contributed by atoms with van der Waals surface area (Å²) < 4.78 is 16.7. The normalized spacial score (nSPS) is 10.2. The topological polar surface area (TPSA) is 27.7 Å². The van der Waals surface area contributed by atoms with E-state index in [9.17, 15) is 0 Å². The molecule has 0 aliphatic rings. The van der Waals surface area contributed by atoms with E-state index in [1.807, 2.05) is 31.2 Å². The highest BCUT2D eigenvalue weighted by Gasteiger charge is 2.07. The van der Waals surface area contributed by atoms with Gasteiger partial charge < -0.3 is 14.2 Å². The molecule has 0 saturated heterocycles. The summed E-state index contributed by atoms with van der Waals surface area (Å²) in [6.07, 6.45) is 0. The predicted molar refractivity (Wildman–Crippen MR) is 85.1 cm³/mol. The van der Waals surface area contributed by atoms with Gasteiger partial charge in [-0.15, -0.1) is 0 Å². The highest BCUT2D eigenvalue weighted by Crippen LogP contribution is 2.32. The number of benzene rings is 2. The maximum Gasteiger partial charge on any atom is 0.161 e. The Bertz CT molecular complexity index is 567. The molecule has 0 fully saturated rings. The minimum absolute atomic E-state index is 0.337. The average Bonchev–Trinajstić information content (AvgIpc) is 2.48. The SMILES string of the molecule is CCOc1ccccc1OCCOc1c(Cl)cccc1Cl. The number of ether oxygens (including phenoxy) is 3. The van der Waals surface area contributed by atoms with Crippen LogP contribution in [-0.4, -0.2) is 19.8 Å². The zero-order chi connectivity index (χ0) is 15.1. The van der Waals surface area contributed by atoms with Gasteiger partial charge in [-0.3, -0.25) is 0 Å². The van der Waals surface area contributed by atoms with E-state index < -0.39 is 0 Å². The van der Waals surface area contributed by atoms with Crippen molar-refractivity contribution in [2.45, 2.75) is 6.92 Å². The van der Waals surface area contributed by atoms with Crippen molar-refractivity contribution in [1.82, 2.24) is 0 Å². The second-order valence-electron chi connectivity index (χ2n) is 4.13. The molecule has 0 N–H and O–H groups in total. The van der Waals surface area contributed by atoms with E-state index in [4.69, 9.17) is 37.4 Å². The van der Waals surface area contributed by atoms with Crippen LogP contribution in [0.2, 0.25) is 10.0 Å². The molecule has 0 heterocycles. The molecule has 112 valence electrons. The molecule has 0 aliphatic carbocycles. The van der Waals surface area contributed by atoms with E-state index in [1.165, 1.54) is 0 Å². The molecule has 2 aromatic carbocycles. The lowest BCUT2D eigenvalue weighted by molar-refractivity contribution is 0.208.